The molecule has 4 heteroatoms. The van der Waals surface area contributed by atoms with Crippen molar-refractivity contribution in [2.45, 2.75) is 45.6 Å². The van der Waals surface area contributed by atoms with Crippen LogP contribution in [-0.4, -0.2) is 32.2 Å². The molecule has 0 saturated carbocycles. The fourth-order valence-electron chi connectivity index (χ4n) is 2.29. The number of hydrogen-bond acceptors (Lipinski definition) is 4. The third-order valence-electron chi connectivity index (χ3n) is 3.19. The van der Waals surface area contributed by atoms with Crippen molar-refractivity contribution in [2.24, 2.45) is 0 Å². The molecule has 1 heterocycles. The number of methoxy groups -OCH3 is 1. The summed E-state index contributed by atoms with van der Waals surface area (Å²) in [5.41, 5.74) is 2.12. The van der Waals surface area contributed by atoms with E-state index in [-0.39, 0.29) is 0 Å². The summed E-state index contributed by atoms with van der Waals surface area (Å²) >= 11 is 0. The van der Waals surface area contributed by atoms with Crippen molar-refractivity contribution >= 4 is 11.4 Å². The lowest BCUT2D eigenvalue weighted by Crippen LogP contribution is -2.22. The zero-order chi connectivity index (χ0) is 14.3. The second kappa shape index (κ2) is 7.87. The molecule has 0 bridgehead atoms. The smallest absolute Gasteiger partial charge is 0.239 e. The maximum absolute atomic E-state index is 5.39. The van der Waals surface area contributed by atoms with Crippen LogP contribution in [0.4, 0.5) is 11.4 Å². The van der Waals surface area contributed by atoms with Crippen LogP contribution < -0.4 is 15.0 Å². The van der Waals surface area contributed by atoms with Gasteiger partial charge >= 0.3 is 0 Å². The summed E-state index contributed by atoms with van der Waals surface area (Å²) in [6.07, 6.45) is 6.47. The molecular formula is C15H27N3O. The molecule has 1 rings (SSSR count). The van der Waals surface area contributed by atoms with Gasteiger partial charge in [-0.2, -0.15) is 0 Å². The summed E-state index contributed by atoms with van der Waals surface area (Å²) in [5, 5.41) is 3.62. The van der Waals surface area contributed by atoms with E-state index in [1.165, 1.54) is 25.7 Å². The lowest BCUT2D eigenvalue weighted by atomic mass is 10.1. The highest BCUT2D eigenvalue weighted by atomic mass is 16.5. The molecule has 0 aliphatic heterocycles. The lowest BCUT2D eigenvalue weighted by Gasteiger charge is -2.24. The Kier molecular flexibility index (Phi) is 6.46. The molecule has 0 unspecified atom stereocenters. The monoisotopic (exact) mass is 265 g/mol. The van der Waals surface area contributed by atoms with Gasteiger partial charge in [0.25, 0.3) is 0 Å². The molecule has 1 aromatic heterocycles. The molecule has 0 atom stereocenters. The Bertz CT molecular complexity index is 374. The summed E-state index contributed by atoms with van der Waals surface area (Å²) in [6, 6.07) is 2.49. The van der Waals surface area contributed by atoms with Crippen LogP contribution in [0.1, 0.15) is 39.5 Å². The van der Waals surface area contributed by atoms with Crippen LogP contribution in [0.25, 0.3) is 0 Å². The maximum Gasteiger partial charge on any atom is 0.239 e. The van der Waals surface area contributed by atoms with Gasteiger partial charge in [0.2, 0.25) is 5.88 Å². The third-order valence-corrected chi connectivity index (χ3v) is 3.19. The summed E-state index contributed by atoms with van der Waals surface area (Å²) < 4.78 is 5.39. The van der Waals surface area contributed by atoms with E-state index >= 15 is 0 Å². The fourth-order valence-corrected chi connectivity index (χ4v) is 2.29. The van der Waals surface area contributed by atoms with Crippen molar-refractivity contribution in [1.82, 2.24) is 4.98 Å². The highest BCUT2D eigenvalue weighted by molar-refractivity contribution is 5.74. The van der Waals surface area contributed by atoms with E-state index in [9.17, 15) is 0 Å². The summed E-state index contributed by atoms with van der Waals surface area (Å²) in [5.74, 6) is 0.670. The second-order valence-electron chi connectivity index (χ2n) is 5.03. The van der Waals surface area contributed by atoms with Gasteiger partial charge < -0.3 is 15.0 Å². The highest BCUT2D eigenvalue weighted by Crippen LogP contribution is 2.33. The highest BCUT2D eigenvalue weighted by Gasteiger charge is 2.15. The molecule has 0 aliphatic rings. The summed E-state index contributed by atoms with van der Waals surface area (Å²) in [4.78, 5) is 6.39. The fraction of sp³-hybridized carbons (Fsp3) is 0.667. The van der Waals surface area contributed by atoms with Gasteiger partial charge in [0.1, 0.15) is 5.69 Å². The van der Waals surface area contributed by atoms with E-state index in [0.717, 1.165) is 11.4 Å². The molecule has 0 radical (unpaired) electrons. The Hall–Kier alpha value is -1.45. The largest absolute Gasteiger partial charge is 0.479 e. The van der Waals surface area contributed by atoms with Crippen molar-refractivity contribution in [3.8, 4) is 5.88 Å². The minimum absolute atomic E-state index is 0.479. The zero-order valence-corrected chi connectivity index (χ0v) is 12.9. The molecule has 4 nitrogen and oxygen atoms in total. The summed E-state index contributed by atoms with van der Waals surface area (Å²) in [7, 11) is 5.74. The van der Waals surface area contributed by atoms with Crippen LogP contribution in [0.15, 0.2) is 12.3 Å². The average molecular weight is 265 g/mol. The van der Waals surface area contributed by atoms with E-state index in [1.54, 1.807) is 13.3 Å². The number of anilines is 2. The van der Waals surface area contributed by atoms with E-state index in [0.29, 0.717) is 11.9 Å². The van der Waals surface area contributed by atoms with E-state index in [1.807, 2.05) is 20.2 Å². The van der Waals surface area contributed by atoms with Gasteiger partial charge in [-0.05, 0) is 18.9 Å². The quantitative estimate of drug-likeness (QED) is 0.780. The van der Waals surface area contributed by atoms with Gasteiger partial charge in [-0.1, -0.05) is 26.7 Å². The van der Waals surface area contributed by atoms with Gasteiger partial charge in [0.15, 0.2) is 0 Å². The van der Waals surface area contributed by atoms with Crippen LogP contribution in [0.3, 0.4) is 0 Å². The standard InChI is InChI=1S/C15H27N3O/c1-6-8-12(9-7-2)17-14-13(18(3)4)10-11-16-15(14)19-5/h10-12,17H,6-9H2,1-5H3. The minimum atomic E-state index is 0.479. The molecule has 1 N–H and O–H groups in total. The predicted molar refractivity (Wildman–Crippen MR) is 82.3 cm³/mol. The molecule has 1 aromatic rings. The van der Waals surface area contributed by atoms with Crippen molar-refractivity contribution in [1.29, 1.82) is 0 Å². The molecule has 0 aromatic carbocycles. The van der Waals surface area contributed by atoms with E-state index in [2.05, 4.69) is 29.0 Å². The lowest BCUT2D eigenvalue weighted by molar-refractivity contribution is 0.398. The van der Waals surface area contributed by atoms with Crippen LogP contribution in [0, 0.1) is 0 Å². The predicted octanol–water partition coefficient (Wildman–Crippen LogP) is 3.54. The Balaban J connectivity index is 3.01. The Labute approximate surface area is 117 Å². The normalized spacial score (nSPS) is 10.6. The average Bonchev–Trinajstić information content (AvgIpc) is 2.39. The minimum Gasteiger partial charge on any atom is -0.479 e. The van der Waals surface area contributed by atoms with Crippen molar-refractivity contribution in [2.75, 3.05) is 31.4 Å². The van der Waals surface area contributed by atoms with Crippen LogP contribution >= 0.6 is 0 Å². The SMILES string of the molecule is CCCC(CCC)Nc1c(N(C)C)ccnc1OC. The first kappa shape index (κ1) is 15.6. The molecule has 19 heavy (non-hydrogen) atoms. The van der Waals surface area contributed by atoms with Crippen LogP contribution in [0.2, 0.25) is 0 Å². The second-order valence-corrected chi connectivity index (χ2v) is 5.03. The first-order valence-corrected chi connectivity index (χ1v) is 7.10. The van der Waals surface area contributed by atoms with Gasteiger partial charge in [-0.15, -0.1) is 0 Å². The molecule has 0 aliphatic carbocycles. The number of nitrogens with one attached hydrogen (secondary N) is 1. The van der Waals surface area contributed by atoms with Gasteiger partial charge in [-0.3, -0.25) is 0 Å². The van der Waals surface area contributed by atoms with Crippen molar-refractivity contribution in [3.63, 3.8) is 0 Å². The topological polar surface area (TPSA) is 37.4 Å². The number of aromatic nitrogens is 1. The van der Waals surface area contributed by atoms with E-state index in [4.69, 9.17) is 4.74 Å². The van der Waals surface area contributed by atoms with Gasteiger partial charge in [0, 0.05) is 26.3 Å². The Morgan fingerprint density at radius 2 is 1.89 bits per heavy atom. The van der Waals surface area contributed by atoms with Crippen LogP contribution in [0.5, 0.6) is 5.88 Å². The van der Waals surface area contributed by atoms with Gasteiger partial charge in [-0.25, -0.2) is 4.98 Å². The third kappa shape index (κ3) is 4.30. The molecule has 0 fully saturated rings. The van der Waals surface area contributed by atoms with Crippen molar-refractivity contribution in [3.05, 3.63) is 12.3 Å². The number of nitrogens with zero attached hydrogens (tertiary/aromatic N) is 2. The Morgan fingerprint density at radius 1 is 1.26 bits per heavy atom. The van der Waals surface area contributed by atoms with Gasteiger partial charge in [0.05, 0.1) is 12.8 Å². The maximum atomic E-state index is 5.39. The molecule has 0 spiro atoms. The Morgan fingerprint density at radius 3 is 2.37 bits per heavy atom. The molecular weight excluding hydrogens is 238 g/mol. The first-order chi connectivity index (χ1) is 9.13. The summed E-state index contributed by atoms with van der Waals surface area (Å²) in [6.45, 7) is 4.44. The number of hydrogen-bond donors (Lipinski definition) is 1. The van der Waals surface area contributed by atoms with Crippen LogP contribution in [-0.2, 0) is 0 Å². The number of rotatable bonds is 8. The first-order valence-electron chi connectivity index (χ1n) is 7.10. The molecule has 108 valence electrons. The number of pyridine rings is 1. The zero-order valence-electron chi connectivity index (χ0n) is 12.9. The molecule has 0 amide bonds. The molecule has 0 saturated heterocycles. The number of ether oxygens (including phenoxy) is 1. The van der Waals surface area contributed by atoms with Crippen molar-refractivity contribution < 1.29 is 4.74 Å². The van der Waals surface area contributed by atoms with E-state index < -0.39 is 0 Å².